The molecule has 5 aliphatic carbocycles. The molecule has 1 aromatic carbocycles. The minimum Gasteiger partial charge on any atom is -0.481 e. The maximum atomic E-state index is 13.1. The largest absolute Gasteiger partial charge is 0.481 e. The summed E-state index contributed by atoms with van der Waals surface area (Å²) in [5, 5.41) is 19.7. The maximum absolute atomic E-state index is 13.1. The Labute approximate surface area is 278 Å². The maximum Gasteiger partial charge on any atom is 0.310 e. The molecule has 0 spiro atoms. The zero-order chi connectivity index (χ0) is 32.7. The van der Waals surface area contributed by atoms with E-state index in [0.29, 0.717) is 23.7 Å². The topological polar surface area (TPSA) is 114 Å². The molecule has 9 atom stereocenters. The van der Waals surface area contributed by atoms with Crippen molar-refractivity contribution in [1.29, 1.82) is 0 Å². The Bertz CT molecular complexity index is 1520. The van der Waals surface area contributed by atoms with E-state index in [4.69, 9.17) is 16.6 Å². The van der Waals surface area contributed by atoms with Crippen LogP contribution in [0.3, 0.4) is 0 Å². The van der Waals surface area contributed by atoms with Crippen molar-refractivity contribution in [3.8, 4) is 0 Å². The van der Waals surface area contributed by atoms with Gasteiger partial charge in [0.2, 0.25) is 5.96 Å². The Morgan fingerprint density at radius 2 is 1.76 bits per heavy atom. The van der Waals surface area contributed by atoms with Crippen LogP contribution in [0.15, 0.2) is 56.2 Å². The monoisotopic (exact) mass is 676 g/mol. The molecular formula is C38H53BrN4O2. The summed E-state index contributed by atoms with van der Waals surface area (Å²) in [6.45, 7) is 17.0. The van der Waals surface area contributed by atoms with E-state index in [1.165, 1.54) is 11.1 Å². The Balaban J connectivity index is 1.48. The van der Waals surface area contributed by atoms with E-state index in [0.717, 1.165) is 67.1 Å². The summed E-state index contributed by atoms with van der Waals surface area (Å²) in [5.41, 5.74) is 15.6. The smallest absolute Gasteiger partial charge is 0.310 e. The van der Waals surface area contributed by atoms with Crippen LogP contribution in [0.2, 0.25) is 0 Å². The van der Waals surface area contributed by atoms with Gasteiger partial charge in [0.05, 0.1) is 11.1 Å². The van der Waals surface area contributed by atoms with E-state index in [-0.39, 0.29) is 33.5 Å². The zero-order valence-corrected chi connectivity index (χ0v) is 29.9. The number of allylic oxidation sites excluding steroid dienone is 3. The summed E-state index contributed by atoms with van der Waals surface area (Å²) >= 11 is 3.66. The van der Waals surface area contributed by atoms with Crippen LogP contribution >= 0.6 is 15.9 Å². The van der Waals surface area contributed by atoms with Gasteiger partial charge in [-0.05, 0) is 127 Å². The van der Waals surface area contributed by atoms with Gasteiger partial charge in [-0.25, -0.2) is 0 Å². The highest BCUT2D eigenvalue weighted by Gasteiger charge is 2.69. The average Bonchev–Trinajstić information content (AvgIpc) is 2.94. The van der Waals surface area contributed by atoms with Gasteiger partial charge >= 0.3 is 5.97 Å². The van der Waals surface area contributed by atoms with Crippen molar-refractivity contribution in [1.82, 2.24) is 0 Å². The van der Waals surface area contributed by atoms with Crippen LogP contribution in [0, 0.1) is 56.7 Å². The van der Waals surface area contributed by atoms with E-state index in [1.54, 1.807) is 0 Å². The number of rotatable bonds is 3. The predicted molar refractivity (Wildman–Crippen MR) is 187 cm³/mol. The first-order valence-electron chi connectivity index (χ1n) is 17.1. The standard InChI is InChI=1S/C38H53BrN4O2/c1-22-13-16-38(32(44)45)18-17-36(6)27(30(38)23(22)2)11-12-29-35(5)21-25(19-24-9-8-10-26(39)20-24)31(42-43-33(40)41)34(3,4)28(35)14-15-37(29,36)7/h8-11,19-20,22-23,28-30H,12-18,21H2,1-7H3,(H,44,45)(H4,40,41,43)/b25-19+,42-31+/t22-,23+,28?,29?,30?,35+,36-,37-,38+/m1/s1. The molecule has 6 rings (SSSR count). The van der Waals surface area contributed by atoms with Gasteiger partial charge in [0.15, 0.2) is 0 Å². The van der Waals surface area contributed by atoms with Gasteiger partial charge in [-0.2, -0.15) is 5.10 Å². The Kier molecular flexibility index (Phi) is 7.82. The van der Waals surface area contributed by atoms with Crippen LogP contribution < -0.4 is 11.5 Å². The number of benzene rings is 1. The lowest BCUT2D eigenvalue weighted by molar-refractivity contribution is -0.179. The Hall–Kier alpha value is -2.41. The molecule has 5 N–H and O–H groups in total. The summed E-state index contributed by atoms with van der Waals surface area (Å²) in [6.07, 6.45) is 12.6. The molecule has 0 heterocycles. The Morgan fingerprint density at radius 3 is 2.42 bits per heavy atom. The fraction of sp³-hybridized carbons (Fsp3) is 0.658. The fourth-order valence-corrected chi connectivity index (χ4v) is 12.4. The quantitative estimate of drug-likeness (QED) is 0.128. The fourth-order valence-electron chi connectivity index (χ4n) is 11.9. The number of carboxylic acids is 1. The number of halogens is 1. The molecule has 7 heteroatoms. The van der Waals surface area contributed by atoms with Gasteiger partial charge in [-0.15, -0.1) is 5.10 Å². The van der Waals surface area contributed by atoms with E-state index < -0.39 is 11.4 Å². The minimum atomic E-state index is -0.620. The molecule has 0 saturated heterocycles. The molecule has 4 saturated carbocycles. The van der Waals surface area contributed by atoms with Crippen LogP contribution in [-0.2, 0) is 4.79 Å². The van der Waals surface area contributed by atoms with Crippen LogP contribution in [0.5, 0.6) is 0 Å². The van der Waals surface area contributed by atoms with Crippen molar-refractivity contribution in [2.75, 3.05) is 0 Å². The molecule has 0 aromatic heterocycles. The average molecular weight is 678 g/mol. The second-order valence-electron chi connectivity index (χ2n) is 16.7. The lowest BCUT2D eigenvalue weighted by atomic mass is 9.33. The molecule has 3 unspecified atom stereocenters. The molecule has 0 amide bonds. The summed E-state index contributed by atoms with van der Waals surface area (Å²) < 4.78 is 1.04. The van der Waals surface area contributed by atoms with Gasteiger partial charge in [0, 0.05) is 9.89 Å². The first-order valence-corrected chi connectivity index (χ1v) is 17.9. The van der Waals surface area contributed by atoms with Crippen molar-refractivity contribution in [2.45, 2.75) is 99.8 Å². The number of carboxylic acid groups (broad SMARTS) is 1. The molecular weight excluding hydrogens is 624 g/mol. The van der Waals surface area contributed by atoms with Crippen molar-refractivity contribution in [2.24, 2.45) is 78.3 Å². The van der Waals surface area contributed by atoms with Crippen LogP contribution in [0.1, 0.15) is 105 Å². The van der Waals surface area contributed by atoms with Crippen LogP contribution in [-0.4, -0.2) is 22.7 Å². The van der Waals surface area contributed by atoms with E-state index in [9.17, 15) is 9.90 Å². The lowest BCUT2D eigenvalue weighted by Gasteiger charge is -2.71. The Morgan fingerprint density at radius 1 is 1.02 bits per heavy atom. The van der Waals surface area contributed by atoms with Gasteiger partial charge < -0.3 is 16.6 Å². The first kappa shape index (κ1) is 32.5. The van der Waals surface area contributed by atoms with E-state index in [2.05, 4.69) is 106 Å². The highest BCUT2D eigenvalue weighted by molar-refractivity contribution is 9.10. The summed E-state index contributed by atoms with van der Waals surface area (Å²) in [4.78, 5) is 13.1. The molecule has 5 aliphatic rings. The summed E-state index contributed by atoms with van der Waals surface area (Å²) in [5.74, 6) is 1.30. The van der Waals surface area contributed by atoms with Gasteiger partial charge in [-0.1, -0.05) is 88.2 Å². The number of nitrogens with two attached hydrogens (primary N) is 2. The zero-order valence-electron chi connectivity index (χ0n) is 28.3. The highest BCUT2D eigenvalue weighted by atomic mass is 79.9. The third kappa shape index (κ3) is 4.64. The van der Waals surface area contributed by atoms with Gasteiger partial charge in [0.25, 0.3) is 0 Å². The van der Waals surface area contributed by atoms with Crippen molar-refractivity contribution < 1.29 is 9.90 Å². The molecule has 0 bridgehead atoms. The van der Waals surface area contributed by atoms with Crippen LogP contribution in [0.25, 0.3) is 6.08 Å². The SMILES string of the molecule is C[C@@H]1CC[C@]2(C(=O)O)CC[C@]3(C)C(=CCC4[C@@]5(C)CC(=C\c6cccc(Br)c6)/C(=N\N=C(N)N)C(C)(C)C5CC[C@]43C)C2[C@H]1C. The number of aliphatic carboxylic acids is 1. The van der Waals surface area contributed by atoms with E-state index in [1.807, 2.05) is 0 Å². The number of nitrogens with zero attached hydrogens (tertiary/aromatic N) is 2. The summed E-state index contributed by atoms with van der Waals surface area (Å²) in [7, 11) is 0. The minimum absolute atomic E-state index is 0.0170. The molecule has 6 nitrogen and oxygen atoms in total. The van der Waals surface area contributed by atoms with Crippen LogP contribution in [0.4, 0.5) is 0 Å². The number of fused-ring (bicyclic) bond motifs is 7. The normalized spacial score (nSPS) is 43.7. The van der Waals surface area contributed by atoms with Crippen molar-refractivity contribution in [3.05, 3.63) is 51.5 Å². The first-order chi connectivity index (χ1) is 21.0. The summed E-state index contributed by atoms with van der Waals surface area (Å²) in [6, 6.07) is 8.41. The third-order valence-electron chi connectivity index (χ3n) is 14.5. The molecule has 244 valence electrons. The number of guanidine groups is 1. The molecule has 45 heavy (non-hydrogen) atoms. The second kappa shape index (κ2) is 10.8. The van der Waals surface area contributed by atoms with Gasteiger partial charge in [-0.3, -0.25) is 4.79 Å². The number of hydrogen-bond donors (Lipinski definition) is 3. The second-order valence-corrected chi connectivity index (χ2v) is 17.6. The lowest BCUT2D eigenvalue weighted by Crippen LogP contribution is -2.65. The van der Waals surface area contributed by atoms with E-state index >= 15 is 0 Å². The van der Waals surface area contributed by atoms with Crippen molar-refractivity contribution in [3.63, 3.8) is 0 Å². The molecule has 1 aromatic rings. The highest BCUT2D eigenvalue weighted by Crippen LogP contribution is 2.76. The molecule has 0 aliphatic heterocycles. The predicted octanol–water partition coefficient (Wildman–Crippen LogP) is 8.81. The van der Waals surface area contributed by atoms with Crippen molar-refractivity contribution >= 4 is 39.6 Å². The molecule has 4 fully saturated rings. The molecule has 0 radical (unpaired) electrons. The van der Waals surface area contributed by atoms with Gasteiger partial charge in [0.1, 0.15) is 0 Å². The number of hydrogen-bond acceptors (Lipinski definition) is 3. The number of carbonyl (C=O) groups is 1. The third-order valence-corrected chi connectivity index (χ3v) is 15.0.